The van der Waals surface area contributed by atoms with Gasteiger partial charge in [-0.2, -0.15) is 0 Å². The second-order valence-corrected chi connectivity index (χ2v) is 12.6. The second kappa shape index (κ2) is 9.88. The van der Waals surface area contributed by atoms with Gasteiger partial charge < -0.3 is 14.8 Å². The summed E-state index contributed by atoms with van der Waals surface area (Å²) in [6.07, 6.45) is 1.41. The van der Waals surface area contributed by atoms with E-state index < -0.39 is 27.6 Å². The number of amides is 1. The third-order valence-electron chi connectivity index (χ3n) is 6.56. The fourth-order valence-corrected chi connectivity index (χ4v) is 5.65. The summed E-state index contributed by atoms with van der Waals surface area (Å²) in [5.74, 6) is -0.361. The summed E-state index contributed by atoms with van der Waals surface area (Å²) in [4.78, 5) is 13.0. The number of hydrogen-bond acceptors (Lipinski definition) is 6. The average Bonchev–Trinajstić information content (AvgIpc) is 3.49. The molecule has 3 aromatic carbocycles. The Bertz CT molecular complexity index is 1870. The minimum Gasteiger partial charge on any atom is -0.455 e. The van der Waals surface area contributed by atoms with Crippen molar-refractivity contribution < 1.29 is 27.1 Å². The number of fused-ring (bicyclic) bond motifs is 3. The van der Waals surface area contributed by atoms with Crippen molar-refractivity contribution in [3.05, 3.63) is 83.8 Å². The molecule has 5 aromatic rings. The van der Waals surface area contributed by atoms with Crippen LogP contribution in [0.25, 0.3) is 44.3 Å². The third-order valence-corrected chi connectivity index (χ3v) is 7.58. The van der Waals surface area contributed by atoms with Gasteiger partial charge >= 0.3 is 0 Å². The van der Waals surface area contributed by atoms with Gasteiger partial charge in [0.1, 0.15) is 23.4 Å². The predicted molar refractivity (Wildman–Crippen MR) is 154 cm³/mol. The molecular weight excluding hydrogens is 533 g/mol. The molecule has 1 unspecified atom stereocenters. The number of carbonyl (C=O) groups excluding carboxylic acids is 1. The van der Waals surface area contributed by atoms with Crippen LogP contribution in [0.15, 0.2) is 71.3 Å². The zero-order chi connectivity index (χ0) is 29.0. The van der Waals surface area contributed by atoms with E-state index >= 15 is 0 Å². The number of aromatic nitrogens is 1. The van der Waals surface area contributed by atoms with E-state index in [0.717, 1.165) is 6.26 Å². The van der Waals surface area contributed by atoms with Crippen LogP contribution in [0, 0.1) is 5.82 Å². The summed E-state index contributed by atoms with van der Waals surface area (Å²) in [6, 6.07) is 16.0. The highest BCUT2D eigenvalue weighted by molar-refractivity contribution is 7.89. The number of nitrogens with one attached hydrogen (secondary N) is 2. The lowest BCUT2D eigenvalue weighted by Crippen LogP contribution is -2.40. The van der Waals surface area contributed by atoms with Crippen molar-refractivity contribution in [2.24, 2.45) is 0 Å². The van der Waals surface area contributed by atoms with E-state index in [1.807, 2.05) is 20.8 Å². The Morgan fingerprint density at radius 3 is 2.35 bits per heavy atom. The van der Waals surface area contributed by atoms with Gasteiger partial charge in [-0.3, -0.25) is 10.1 Å². The number of carbonyl (C=O) groups is 1. The molecule has 3 N–H and O–H groups in total. The molecule has 0 aliphatic carbocycles. The van der Waals surface area contributed by atoms with E-state index in [4.69, 9.17) is 4.42 Å². The summed E-state index contributed by atoms with van der Waals surface area (Å²) < 4.78 is 46.8. The minimum absolute atomic E-state index is 0.265. The zero-order valence-corrected chi connectivity index (χ0v) is 23.6. The molecule has 2 heterocycles. The van der Waals surface area contributed by atoms with Gasteiger partial charge in [0.25, 0.3) is 5.91 Å². The summed E-state index contributed by atoms with van der Waals surface area (Å²) in [5, 5.41) is 17.8. The van der Waals surface area contributed by atoms with E-state index in [9.17, 15) is 22.7 Å². The Morgan fingerprint density at radius 2 is 1.73 bits per heavy atom. The van der Waals surface area contributed by atoms with E-state index in [2.05, 4.69) is 10.6 Å². The van der Waals surface area contributed by atoms with Gasteiger partial charge in [-0.15, -0.1) is 0 Å². The molecule has 0 fully saturated rings. The van der Waals surface area contributed by atoms with Crippen LogP contribution in [0.2, 0.25) is 0 Å². The third kappa shape index (κ3) is 5.01. The van der Waals surface area contributed by atoms with Gasteiger partial charge in [-0.1, -0.05) is 12.1 Å². The van der Waals surface area contributed by atoms with Gasteiger partial charge in [-0.25, -0.2) is 16.8 Å². The molecule has 1 atom stereocenters. The first-order chi connectivity index (χ1) is 18.8. The van der Waals surface area contributed by atoms with Crippen molar-refractivity contribution in [2.75, 3.05) is 13.3 Å². The maximum absolute atomic E-state index is 13.7. The monoisotopic (exact) mass is 563 g/mol. The lowest BCUT2D eigenvalue weighted by atomic mass is 9.96. The fourth-order valence-electron chi connectivity index (χ4n) is 4.84. The van der Waals surface area contributed by atoms with E-state index in [-0.39, 0.29) is 5.91 Å². The topological polar surface area (TPSA) is 114 Å². The van der Waals surface area contributed by atoms with Crippen LogP contribution in [0.3, 0.4) is 0 Å². The summed E-state index contributed by atoms with van der Waals surface area (Å²) in [5.41, 5.74) is 2.79. The molecular formula is C30H30FN3O5S. The molecule has 0 radical (unpaired) electrons. The van der Waals surface area contributed by atoms with Crippen LogP contribution in [0.5, 0.6) is 0 Å². The summed E-state index contributed by atoms with van der Waals surface area (Å²) in [7, 11) is -2.13. The number of hydrogen-bond donors (Lipinski definition) is 3. The van der Waals surface area contributed by atoms with Gasteiger partial charge in [0.2, 0.25) is 10.0 Å². The predicted octanol–water partition coefficient (Wildman–Crippen LogP) is 5.41. The number of halogens is 1. The first kappa shape index (κ1) is 27.6. The van der Waals surface area contributed by atoms with Crippen molar-refractivity contribution in [3.63, 3.8) is 0 Å². The molecule has 8 nitrogen and oxygen atoms in total. The molecule has 0 saturated heterocycles. The lowest BCUT2D eigenvalue weighted by Gasteiger charge is -2.20. The van der Waals surface area contributed by atoms with Crippen LogP contribution in [0.1, 0.15) is 42.9 Å². The van der Waals surface area contributed by atoms with Crippen LogP contribution >= 0.6 is 0 Å². The Kier molecular flexibility index (Phi) is 6.81. The maximum atomic E-state index is 13.7. The molecule has 0 spiro atoms. The number of furan rings is 1. The highest BCUT2D eigenvalue weighted by Gasteiger charge is 2.27. The van der Waals surface area contributed by atoms with Crippen molar-refractivity contribution in [2.45, 2.75) is 32.5 Å². The van der Waals surface area contributed by atoms with E-state index in [1.54, 1.807) is 55.6 Å². The van der Waals surface area contributed by atoms with Gasteiger partial charge in [0, 0.05) is 44.8 Å². The molecule has 2 aromatic heterocycles. The Balaban J connectivity index is 1.86. The maximum Gasteiger partial charge on any atom is 0.251 e. The second-order valence-electron chi connectivity index (χ2n) is 10.8. The average molecular weight is 564 g/mol. The molecule has 208 valence electrons. The molecule has 1 amide bonds. The highest BCUT2D eigenvalue weighted by Crippen LogP contribution is 2.44. The first-order valence-corrected chi connectivity index (χ1v) is 14.5. The number of aliphatic hydroxyl groups excluding tert-OH is 1. The van der Waals surface area contributed by atoms with E-state index in [0.29, 0.717) is 55.4 Å². The van der Waals surface area contributed by atoms with Crippen LogP contribution in [0.4, 0.5) is 4.39 Å². The largest absolute Gasteiger partial charge is 0.455 e. The number of aliphatic hydroxyl groups is 1. The van der Waals surface area contributed by atoms with Crippen molar-refractivity contribution in [1.82, 2.24) is 14.6 Å². The minimum atomic E-state index is -3.72. The summed E-state index contributed by atoms with van der Waals surface area (Å²) in [6.45, 7) is 5.66. The standard InChI is InChI=1S/C30H30FN3O5S/c1-30(2,3)33-28(35)19-8-6-7-18(15-19)22-16-23-24(29(36)32-4)26(17-9-11-20(31)12-10-17)39-27(23)21-13-14-34(25(21)22)40(5,37)38/h6-16,29,32,36H,1-5H3,(H,33,35). The van der Waals surface area contributed by atoms with Gasteiger partial charge in [0.05, 0.1) is 11.8 Å². The Labute approximate surface area is 231 Å². The number of benzene rings is 3. The normalized spacial score (nSPS) is 13.2. The van der Waals surface area contributed by atoms with Crippen molar-refractivity contribution >= 4 is 37.8 Å². The highest BCUT2D eigenvalue weighted by atomic mass is 32.2. The fraction of sp³-hybridized carbons (Fsp3) is 0.233. The van der Waals surface area contributed by atoms with Crippen LogP contribution in [-0.2, 0) is 10.0 Å². The van der Waals surface area contributed by atoms with Gasteiger partial charge in [0.15, 0.2) is 0 Å². The zero-order valence-electron chi connectivity index (χ0n) is 22.7. The van der Waals surface area contributed by atoms with Crippen LogP contribution < -0.4 is 10.6 Å². The van der Waals surface area contributed by atoms with Gasteiger partial charge in [-0.05, 0) is 81.9 Å². The van der Waals surface area contributed by atoms with E-state index in [1.165, 1.54) is 22.3 Å². The number of nitrogens with zero attached hydrogens (tertiary/aromatic N) is 1. The molecule has 0 aliphatic rings. The molecule has 0 bridgehead atoms. The first-order valence-electron chi connectivity index (χ1n) is 12.6. The smallest absolute Gasteiger partial charge is 0.251 e. The molecule has 40 heavy (non-hydrogen) atoms. The molecule has 0 aliphatic heterocycles. The lowest BCUT2D eigenvalue weighted by molar-refractivity contribution is 0.0919. The quantitative estimate of drug-likeness (QED) is 0.238. The van der Waals surface area contributed by atoms with Crippen molar-refractivity contribution in [1.29, 1.82) is 0 Å². The van der Waals surface area contributed by atoms with Crippen LogP contribution in [-0.4, -0.2) is 42.2 Å². The number of rotatable bonds is 6. The summed E-state index contributed by atoms with van der Waals surface area (Å²) >= 11 is 0. The Hall–Kier alpha value is -3.99. The molecule has 0 saturated carbocycles. The molecule has 5 rings (SSSR count). The SMILES string of the molecule is CNC(O)c1c(-c2ccc(F)cc2)oc2c1cc(-c1cccc(C(=O)NC(C)(C)C)c1)c1c2ccn1S(C)(=O)=O. The molecule has 10 heteroatoms. The van der Waals surface area contributed by atoms with Crippen molar-refractivity contribution in [3.8, 4) is 22.5 Å². The Morgan fingerprint density at radius 1 is 1.02 bits per heavy atom.